The van der Waals surface area contributed by atoms with Gasteiger partial charge in [0.2, 0.25) is 16.9 Å². The van der Waals surface area contributed by atoms with Gasteiger partial charge in [-0.15, -0.1) is 15.3 Å². The van der Waals surface area contributed by atoms with Crippen LogP contribution in [0, 0.1) is 0 Å². The Morgan fingerprint density at radius 2 is 2.00 bits per heavy atom. The van der Waals surface area contributed by atoms with Crippen LogP contribution in [0.25, 0.3) is 11.5 Å². The third-order valence-electron chi connectivity index (χ3n) is 2.39. The third kappa shape index (κ3) is 2.63. The Morgan fingerprint density at radius 1 is 1.16 bits per heavy atom. The van der Waals surface area contributed by atoms with Crippen LogP contribution < -0.4 is 0 Å². The average molecular weight is 274 g/mol. The zero-order valence-corrected chi connectivity index (χ0v) is 10.9. The van der Waals surface area contributed by atoms with Gasteiger partial charge in [0.25, 0.3) is 0 Å². The van der Waals surface area contributed by atoms with Crippen LogP contribution in [0.3, 0.4) is 0 Å². The maximum Gasteiger partial charge on any atom is 0.247 e. The highest BCUT2D eigenvalue weighted by Crippen LogP contribution is 2.22. The van der Waals surface area contributed by atoms with Gasteiger partial charge in [-0.1, -0.05) is 30.0 Å². The van der Waals surface area contributed by atoms with Crippen LogP contribution in [0.2, 0.25) is 0 Å². The summed E-state index contributed by atoms with van der Waals surface area (Å²) in [6, 6.07) is 9.66. The molecule has 19 heavy (non-hydrogen) atoms. The number of nitrogens with zero attached hydrogens (tertiary/aromatic N) is 6. The summed E-state index contributed by atoms with van der Waals surface area (Å²) >= 11 is 1.45. The first-order valence-electron chi connectivity index (χ1n) is 5.56. The highest BCUT2D eigenvalue weighted by Gasteiger charge is 2.10. The van der Waals surface area contributed by atoms with Crippen LogP contribution in [0.5, 0.6) is 0 Å². The van der Waals surface area contributed by atoms with Gasteiger partial charge in [-0.2, -0.15) is 0 Å². The Labute approximate surface area is 113 Å². The van der Waals surface area contributed by atoms with Crippen LogP contribution >= 0.6 is 11.8 Å². The lowest BCUT2D eigenvalue weighted by Gasteiger charge is -1.95. The Morgan fingerprint density at radius 3 is 2.74 bits per heavy atom. The number of thioether (sulfide) groups is 1. The molecule has 0 aliphatic heterocycles. The molecular weight excluding hydrogens is 264 g/mol. The van der Waals surface area contributed by atoms with E-state index < -0.39 is 0 Å². The molecule has 0 aliphatic carbocycles. The number of hydrogen-bond donors (Lipinski definition) is 0. The first-order chi connectivity index (χ1) is 9.33. The molecule has 0 fully saturated rings. The highest BCUT2D eigenvalue weighted by atomic mass is 32.2. The Bertz CT molecular complexity index is 665. The molecule has 2 heterocycles. The maximum atomic E-state index is 5.59. The van der Waals surface area contributed by atoms with Gasteiger partial charge in [0.05, 0.1) is 5.75 Å². The van der Waals surface area contributed by atoms with Crippen molar-refractivity contribution in [3.63, 3.8) is 0 Å². The van der Waals surface area contributed by atoms with E-state index in [1.54, 1.807) is 11.7 Å². The number of rotatable bonds is 4. The minimum atomic E-state index is 0.521. The van der Waals surface area contributed by atoms with Crippen molar-refractivity contribution in [2.75, 3.05) is 0 Å². The lowest BCUT2D eigenvalue weighted by Crippen LogP contribution is -1.93. The lowest BCUT2D eigenvalue weighted by atomic mass is 10.2. The molecule has 0 spiro atoms. The fourth-order valence-electron chi connectivity index (χ4n) is 1.48. The number of tetrazole rings is 1. The van der Waals surface area contributed by atoms with E-state index in [2.05, 4.69) is 25.7 Å². The van der Waals surface area contributed by atoms with E-state index in [0.717, 1.165) is 5.56 Å². The predicted molar refractivity (Wildman–Crippen MR) is 68.1 cm³/mol. The standard InChI is InChI=1S/C11H10N6OS/c1-17-11(14-15-16-17)19-7-9-12-13-10(18-9)8-5-3-2-4-6-8/h2-6H,7H2,1H3. The van der Waals surface area contributed by atoms with E-state index in [1.165, 1.54) is 11.8 Å². The van der Waals surface area contributed by atoms with E-state index in [-0.39, 0.29) is 0 Å². The molecule has 0 atom stereocenters. The van der Waals surface area contributed by atoms with Gasteiger partial charge in [-0.05, 0) is 22.6 Å². The van der Waals surface area contributed by atoms with Crippen molar-refractivity contribution in [2.45, 2.75) is 10.9 Å². The Kier molecular flexibility index (Phi) is 3.23. The van der Waals surface area contributed by atoms with Crippen LogP contribution in [0.1, 0.15) is 5.89 Å². The molecule has 0 unspecified atom stereocenters. The number of hydrogen-bond acceptors (Lipinski definition) is 7. The molecule has 0 saturated carbocycles. The van der Waals surface area contributed by atoms with Gasteiger partial charge >= 0.3 is 0 Å². The van der Waals surface area contributed by atoms with Crippen molar-refractivity contribution >= 4 is 11.8 Å². The second-order valence-corrected chi connectivity index (χ2v) is 4.68. The Balaban J connectivity index is 1.70. The van der Waals surface area contributed by atoms with Crippen molar-refractivity contribution in [3.8, 4) is 11.5 Å². The molecule has 8 heteroatoms. The first kappa shape index (κ1) is 11.8. The Hall–Kier alpha value is -2.22. The van der Waals surface area contributed by atoms with Gasteiger partial charge in [-0.3, -0.25) is 0 Å². The van der Waals surface area contributed by atoms with Gasteiger partial charge in [0.15, 0.2) is 0 Å². The van der Waals surface area contributed by atoms with Crippen LogP contribution in [0.15, 0.2) is 39.9 Å². The fourth-order valence-corrected chi connectivity index (χ4v) is 2.17. The molecule has 0 aliphatic rings. The fraction of sp³-hybridized carbons (Fsp3) is 0.182. The predicted octanol–water partition coefficient (Wildman–Crippen LogP) is 1.55. The zero-order valence-electron chi connectivity index (χ0n) is 10.1. The topological polar surface area (TPSA) is 82.5 Å². The molecule has 0 bridgehead atoms. The number of benzene rings is 1. The molecule has 0 saturated heterocycles. The number of aromatic nitrogens is 6. The monoisotopic (exact) mass is 274 g/mol. The molecule has 0 amide bonds. The summed E-state index contributed by atoms with van der Waals surface area (Å²) < 4.78 is 7.18. The van der Waals surface area contributed by atoms with E-state index in [0.29, 0.717) is 22.7 Å². The summed E-state index contributed by atoms with van der Waals surface area (Å²) in [6.45, 7) is 0. The largest absolute Gasteiger partial charge is 0.420 e. The smallest absolute Gasteiger partial charge is 0.247 e. The summed E-state index contributed by atoms with van der Waals surface area (Å²) in [7, 11) is 1.78. The van der Waals surface area contributed by atoms with E-state index in [4.69, 9.17) is 4.42 Å². The molecule has 7 nitrogen and oxygen atoms in total. The van der Waals surface area contributed by atoms with E-state index in [9.17, 15) is 0 Å². The molecule has 2 aromatic heterocycles. The molecule has 0 radical (unpaired) electrons. The molecular formula is C11H10N6OS. The summed E-state index contributed by atoms with van der Waals surface area (Å²) in [4.78, 5) is 0. The summed E-state index contributed by atoms with van der Waals surface area (Å²) in [6.07, 6.45) is 0. The molecule has 96 valence electrons. The minimum absolute atomic E-state index is 0.521. The summed E-state index contributed by atoms with van der Waals surface area (Å²) in [5, 5.41) is 19.9. The van der Waals surface area contributed by atoms with Gasteiger partial charge in [-0.25, -0.2) is 4.68 Å². The van der Waals surface area contributed by atoms with Gasteiger partial charge in [0, 0.05) is 12.6 Å². The quantitative estimate of drug-likeness (QED) is 0.667. The SMILES string of the molecule is Cn1nnnc1SCc1nnc(-c2ccccc2)o1. The van der Waals surface area contributed by atoms with E-state index >= 15 is 0 Å². The third-order valence-corrected chi connectivity index (χ3v) is 3.39. The summed E-state index contributed by atoms with van der Waals surface area (Å²) in [5.74, 6) is 1.60. The summed E-state index contributed by atoms with van der Waals surface area (Å²) in [5.41, 5.74) is 0.909. The van der Waals surface area contributed by atoms with Crippen LogP contribution in [-0.4, -0.2) is 30.4 Å². The van der Waals surface area contributed by atoms with Crippen LogP contribution in [-0.2, 0) is 12.8 Å². The van der Waals surface area contributed by atoms with Crippen molar-refractivity contribution in [1.82, 2.24) is 30.4 Å². The van der Waals surface area contributed by atoms with Crippen LogP contribution in [0.4, 0.5) is 0 Å². The van der Waals surface area contributed by atoms with Crippen molar-refractivity contribution < 1.29 is 4.42 Å². The normalized spacial score (nSPS) is 10.8. The number of aryl methyl sites for hydroxylation is 1. The van der Waals surface area contributed by atoms with Crippen molar-refractivity contribution in [2.24, 2.45) is 7.05 Å². The maximum absolute atomic E-state index is 5.59. The second-order valence-electron chi connectivity index (χ2n) is 3.74. The molecule has 3 aromatic rings. The van der Waals surface area contributed by atoms with Crippen molar-refractivity contribution in [3.05, 3.63) is 36.2 Å². The molecule has 1 aromatic carbocycles. The second kappa shape index (κ2) is 5.19. The average Bonchev–Trinajstić information content (AvgIpc) is 3.06. The zero-order chi connectivity index (χ0) is 13.1. The molecule has 0 N–H and O–H groups in total. The minimum Gasteiger partial charge on any atom is -0.420 e. The van der Waals surface area contributed by atoms with Crippen molar-refractivity contribution in [1.29, 1.82) is 0 Å². The highest BCUT2D eigenvalue weighted by molar-refractivity contribution is 7.98. The lowest BCUT2D eigenvalue weighted by molar-refractivity contribution is 0.528. The van der Waals surface area contributed by atoms with Gasteiger partial charge in [0.1, 0.15) is 0 Å². The van der Waals surface area contributed by atoms with E-state index in [1.807, 2.05) is 30.3 Å². The molecule has 3 rings (SSSR count). The first-order valence-corrected chi connectivity index (χ1v) is 6.54. The van der Waals surface area contributed by atoms with Gasteiger partial charge < -0.3 is 4.42 Å².